The molecule has 3 fully saturated rings. The van der Waals surface area contributed by atoms with Crippen molar-refractivity contribution in [3.63, 3.8) is 0 Å². The number of carbonyl (C=O) groups excluding carboxylic acids is 2. The molecule has 0 aromatic heterocycles. The third kappa shape index (κ3) is 4.86. The Bertz CT molecular complexity index is 1040. The lowest BCUT2D eigenvalue weighted by atomic mass is 9.92. The van der Waals surface area contributed by atoms with E-state index in [1.54, 1.807) is 17.0 Å². The number of nitrogens with zero attached hydrogens (tertiary/aromatic N) is 3. The highest BCUT2D eigenvalue weighted by atomic mass is 19.1. The van der Waals surface area contributed by atoms with E-state index in [0.717, 1.165) is 43.6 Å². The average Bonchev–Trinajstić information content (AvgIpc) is 3.28. The molecule has 0 saturated carbocycles. The van der Waals surface area contributed by atoms with E-state index in [9.17, 15) is 14.0 Å². The van der Waals surface area contributed by atoms with Crippen molar-refractivity contribution >= 4 is 17.5 Å². The molecule has 0 aliphatic carbocycles. The number of amides is 2. The second-order valence-electron chi connectivity index (χ2n) is 9.71. The number of halogens is 1. The van der Waals surface area contributed by atoms with Gasteiger partial charge in [-0.3, -0.25) is 14.5 Å². The summed E-state index contributed by atoms with van der Waals surface area (Å²) >= 11 is 0. The monoisotopic (exact) mass is 465 g/mol. The molecule has 6 nitrogen and oxygen atoms in total. The largest absolute Gasteiger partial charge is 0.363 e. The predicted molar refractivity (Wildman–Crippen MR) is 128 cm³/mol. The van der Waals surface area contributed by atoms with Crippen LogP contribution in [0.2, 0.25) is 0 Å². The van der Waals surface area contributed by atoms with Crippen LogP contribution in [0.1, 0.15) is 48.0 Å². The van der Waals surface area contributed by atoms with E-state index in [1.807, 2.05) is 23.1 Å². The van der Waals surface area contributed by atoms with Crippen LogP contribution in [-0.4, -0.2) is 66.5 Å². The van der Waals surface area contributed by atoms with E-state index in [1.165, 1.54) is 25.0 Å². The van der Waals surface area contributed by atoms with Gasteiger partial charge in [0.15, 0.2) is 0 Å². The van der Waals surface area contributed by atoms with E-state index in [-0.39, 0.29) is 24.2 Å². The molecule has 7 heteroatoms. The minimum atomic E-state index is -0.494. The first-order valence-electron chi connectivity index (χ1n) is 12.3. The van der Waals surface area contributed by atoms with Gasteiger partial charge in [-0.1, -0.05) is 18.2 Å². The minimum Gasteiger partial charge on any atom is -0.363 e. The molecule has 34 heavy (non-hydrogen) atoms. The van der Waals surface area contributed by atoms with Crippen LogP contribution in [0.15, 0.2) is 48.5 Å². The number of hydrogen-bond donors (Lipinski definition) is 0. The molecule has 1 atom stereocenters. The van der Waals surface area contributed by atoms with Gasteiger partial charge in [0.05, 0.1) is 12.1 Å². The first kappa shape index (κ1) is 23.0. The molecule has 180 valence electrons. The van der Waals surface area contributed by atoms with Gasteiger partial charge >= 0.3 is 0 Å². The number of rotatable bonds is 4. The molecule has 0 bridgehead atoms. The van der Waals surface area contributed by atoms with E-state index < -0.39 is 5.60 Å². The molecule has 2 aromatic carbocycles. The number of anilines is 1. The Morgan fingerprint density at radius 3 is 2.50 bits per heavy atom. The average molecular weight is 466 g/mol. The summed E-state index contributed by atoms with van der Waals surface area (Å²) in [6, 6.07) is 14.0. The summed E-state index contributed by atoms with van der Waals surface area (Å²) in [7, 11) is 0. The first-order valence-corrected chi connectivity index (χ1v) is 12.3. The van der Waals surface area contributed by atoms with Gasteiger partial charge in [-0.15, -0.1) is 0 Å². The van der Waals surface area contributed by atoms with E-state index in [4.69, 9.17) is 4.74 Å². The SMILES string of the molecule is O=C(c1ccccc1CN1CCCC1)N1CCCC2(CC1)CN(c1ccc(F)cc1)C(=O)CO2. The molecule has 3 saturated heterocycles. The fraction of sp³-hybridized carbons (Fsp3) is 0.481. The number of morpholine rings is 1. The zero-order valence-corrected chi connectivity index (χ0v) is 19.5. The zero-order valence-electron chi connectivity index (χ0n) is 19.5. The molecule has 3 aliphatic rings. The molecule has 5 rings (SSSR count). The number of likely N-dealkylation sites (tertiary alicyclic amines) is 2. The van der Waals surface area contributed by atoms with Crippen LogP contribution in [0.3, 0.4) is 0 Å². The van der Waals surface area contributed by atoms with Crippen molar-refractivity contribution < 1.29 is 18.7 Å². The second kappa shape index (κ2) is 9.84. The first-order chi connectivity index (χ1) is 16.5. The molecule has 3 aliphatic heterocycles. The third-order valence-corrected chi connectivity index (χ3v) is 7.41. The summed E-state index contributed by atoms with van der Waals surface area (Å²) in [5.41, 5.74) is 2.07. The summed E-state index contributed by atoms with van der Waals surface area (Å²) in [5, 5.41) is 0. The van der Waals surface area contributed by atoms with Crippen LogP contribution in [0, 0.1) is 5.82 Å². The summed E-state index contributed by atoms with van der Waals surface area (Å²) in [6.45, 7) is 4.69. The van der Waals surface area contributed by atoms with E-state index >= 15 is 0 Å². The van der Waals surface area contributed by atoms with Crippen molar-refractivity contribution in [2.75, 3.05) is 44.2 Å². The van der Waals surface area contributed by atoms with Gasteiger partial charge in [0, 0.05) is 30.9 Å². The van der Waals surface area contributed by atoms with Crippen LogP contribution in [0.4, 0.5) is 10.1 Å². The Morgan fingerprint density at radius 1 is 0.941 bits per heavy atom. The number of hydrogen-bond acceptors (Lipinski definition) is 4. The number of carbonyl (C=O) groups is 2. The normalized spacial score (nSPS) is 24.0. The Kier molecular flexibility index (Phi) is 6.66. The van der Waals surface area contributed by atoms with Crippen molar-refractivity contribution in [2.45, 2.75) is 44.2 Å². The molecule has 3 heterocycles. The number of benzene rings is 2. The van der Waals surface area contributed by atoms with Crippen molar-refractivity contribution in [1.82, 2.24) is 9.80 Å². The van der Waals surface area contributed by atoms with Crippen molar-refractivity contribution in [1.29, 1.82) is 0 Å². The molecule has 1 spiro atoms. The van der Waals surface area contributed by atoms with Gasteiger partial charge < -0.3 is 14.5 Å². The summed E-state index contributed by atoms with van der Waals surface area (Å²) in [6.07, 6.45) is 4.70. The van der Waals surface area contributed by atoms with Gasteiger partial charge in [0.25, 0.3) is 11.8 Å². The summed E-state index contributed by atoms with van der Waals surface area (Å²) < 4.78 is 19.5. The standard InChI is InChI=1S/C27H32FN3O3/c28-22-8-10-23(11-9-22)31-20-27(34-19-25(31)32)12-5-16-30(17-13-27)26(33)24-7-2-1-6-21(24)18-29-14-3-4-15-29/h1-2,6-11H,3-5,12-20H2. The third-order valence-electron chi connectivity index (χ3n) is 7.41. The minimum absolute atomic E-state index is 0.00396. The van der Waals surface area contributed by atoms with Gasteiger partial charge in [-0.25, -0.2) is 4.39 Å². The smallest absolute Gasteiger partial charge is 0.254 e. The maximum atomic E-state index is 13.6. The quantitative estimate of drug-likeness (QED) is 0.688. The molecule has 2 amide bonds. The van der Waals surface area contributed by atoms with Crippen LogP contribution in [0.5, 0.6) is 0 Å². The lowest BCUT2D eigenvalue weighted by Gasteiger charge is -2.42. The lowest BCUT2D eigenvalue weighted by Crippen LogP contribution is -2.55. The maximum absolute atomic E-state index is 13.6. The van der Waals surface area contributed by atoms with Crippen molar-refractivity contribution in [3.8, 4) is 0 Å². The van der Waals surface area contributed by atoms with Crippen LogP contribution >= 0.6 is 0 Å². The molecule has 0 radical (unpaired) electrons. The molecular formula is C27H32FN3O3. The zero-order chi connectivity index (χ0) is 23.5. The molecule has 0 N–H and O–H groups in total. The Morgan fingerprint density at radius 2 is 1.71 bits per heavy atom. The Hall–Kier alpha value is -2.77. The molecular weight excluding hydrogens is 433 g/mol. The Labute approximate surface area is 200 Å². The molecule has 2 aromatic rings. The van der Waals surface area contributed by atoms with Gasteiger partial charge in [-0.2, -0.15) is 0 Å². The Balaban J connectivity index is 1.29. The van der Waals surface area contributed by atoms with Crippen molar-refractivity contribution in [2.24, 2.45) is 0 Å². The summed E-state index contributed by atoms with van der Waals surface area (Å²) in [4.78, 5) is 32.2. The van der Waals surface area contributed by atoms with Gasteiger partial charge in [-0.05, 0) is 81.1 Å². The maximum Gasteiger partial charge on any atom is 0.254 e. The second-order valence-corrected chi connectivity index (χ2v) is 9.71. The lowest BCUT2D eigenvalue weighted by molar-refractivity contribution is -0.140. The van der Waals surface area contributed by atoms with Gasteiger partial charge in [0.2, 0.25) is 0 Å². The van der Waals surface area contributed by atoms with Gasteiger partial charge in [0.1, 0.15) is 12.4 Å². The van der Waals surface area contributed by atoms with Crippen LogP contribution < -0.4 is 4.90 Å². The highest BCUT2D eigenvalue weighted by Crippen LogP contribution is 2.33. The highest BCUT2D eigenvalue weighted by molar-refractivity contribution is 5.96. The summed E-state index contributed by atoms with van der Waals surface area (Å²) in [5.74, 6) is -0.368. The highest BCUT2D eigenvalue weighted by Gasteiger charge is 2.42. The fourth-order valence-electron chi connectivity index (χ4n) is 5.46. The predicted octanol–water partition coefficient (Wildman–Crippen LogP) is 3.85. The van der Waals surface area contributed by atoms with E-state index in [0.29, 0.717) is 31.7 Å². The van der Waals surface area contributed by atoms with Crippen molar-refractivity contribution in [3.05, 3.63) is 65.5 Å². The molecule has 1 unspecified atom stereocenters. The fourth-order valence-corrected chi connectivity index (χ4v) is 5.46. The van der Waals surface area contributed by atoms with E-state index in [2.05, 4.69) is 11.0 Å². The van der Waals surface area contributed by atoms with Crippen LogP contribution in [0.25, 0.3) is 0 Å². The van der Waals surface area contributed by atoms with Crippen LogP contribution in [-0.2, 0) is 16.1 Å². The topological polar surface area (TPSA) is 53.1 Å². The number of ether oxygens (including phenoxy) is 1.